The van der Waals surface area contributed by atoms with Crippen molar-refractivity contribution in [3.05, 3.63) is 83.0 Å². The highest BCUT2D eigenvalue weighted by atomic mass is 35.5. The predicted molar refractivity (Wildman–Crippen MR) is 95.2 cm³/mol. The number of nitrogens with one attached hydrogen (secondary N) is 2. The number of hydrogen-bond donors (Lipinski definition) is 2. The van der Waals surface area contributed by atoms with Crippen molar-refractivity contribution in [3.63, 3.8) is 0 Å². The van der Waals surface area contributed by atoms with Crippen molar-refractivity contribution in [2.45, 2.75) is 6.54 Å². The average molecular weight is 357 g/mol. The van der Waals surface area contributed by atoms with Gasteiger partial charge in [-0.2, -0.15) is 0 Å². The summed E-state index contributed by atoms with van der Waals surface area (Å²) in [4.78, 5) is 20.3. The van der Waals surface area contributed by atoms with Crippen LogP contribution >= 0.6 is 11.6 Å². The molecule has 25 heavy (non-hydrogen) atoms. The van der Waals surface area contributed by atoms with Gasteiger partial charge >= 0.3 is 0 Å². The fourth-order valence-corrected chi connectivity index (χ4v) is 2.21. The lowest BCUT2D eigenvalue weighted by Gasteiger charge is -2.07. The number of halogens is 2. The summed E-state index contributed by atoms with van der Waals surface area (Å²) in [5.74, 6) is -0.510. The van der Waals surface area contributed by atoms with Crippen LogP contribution in [0.25, 0.3) is 0 Å². The third-order valence-electron chi connectivity index (χ3n) is 3.39. The van der Waals surface area contributed by atoms with Crippen molar-refractivity contribution < 1.29 is 9.18 Å². The molecule has 3 aromatic rings. The largest absolute Gasteiger partial charge is 0.365 e. The Morgan fingerprint density at radius 1 is 1.04 bits per heavy atom. The molecule has 2 aromatic carbocycles. The Labute approximate surface area is 148 Å². The zero-order chi connectivity index (χ0) is 17.6. The van der Waals surface area contributed by atoms with E-state index in [0.29, 0.717) is 17.4 Å². The lowest BCUT2D eigenvalue weighted by Crippen LogP contribution is -2.15. The molecular weight excluding hydrogens is 343 g/mol. The summed E-state index contributed by atoms with van der Waals surface area (Å²) in [7, 11) is 0. The van der Waals surface area contributed by atoms with Crippen LogP contribution in [0.4, 0.5) is 15.9 Å². The third-order valence-corrected chi connectivity index (χ3v) is 3.65. The Morgan fingerprint density at radius 2 is 1.80 bits per heavy atom. The van der Waals surface area contributed by atoms with Crippen molar-refractivity contribution >= 4 is 29.0 Å². The van der Waals surface area contributed by atoms with Gasteiger partial charge < -0.3 is 10.6 Å². The highest BCUT2D eigenvalue weighted by Crippen LogP contribution is 2.14. The van der Waals surface area contributed by atoms with Gasteiger partial charge in [0.25, 0.3) is 5.91 Å². The van der Waals surface area contributed by atoms with Crippen LogP contribution in [0.5, 0.6) is 0 Å². The molecule has 0 spiro atoms. The van der Waals surface area contributed by atoms with Crippen LogP contribution < -0.4 is 10.6 Å². The molecule has 3 rings (SSSR count). The van der Waals surface area contributed by atoms with Crippen LogP contribution in [-0.4, -0.2) is 15.9 Å². The van der Waals surface area contributed by atoms with E-state index in [1.807, 2.05) is 12.1 Å². The molecule has 1 heterocycles. The van der Waals surface area contributed by atoms with E-state index in [1.54, 1.807) is 24.3 Å². The van der Waals surface area contributed by atoms with Crippen molar-refractivity contribution in [3.8, 4) is 0 Å². The highest BCUT2D eigenvalue weighted by Gasteiger charge is 2.10. The molecule has 126 valence electrons. The Bertz CT molecular complexity index is 869. The van der Waals surface area contributed by atoms with E-state index in [4.69, 9.17) is 11.6 Å². The normalized spacial score (nSPS) is 10.3. The standard InChI is InChI=1S/C18H14ClFN4O/c19-13-7-5-12(6-8-13)9-22-17-11-21-16(10-23-17)18(25)24-15-4-2-1-3-14(15)20/h1-8,10-11H,9H2,(H,22,23)(H,24,25). The van der Waals surface area contributed by atoms with E-state index < -0.39 is 11.7 Å². The molecule has 0 saturated carbocycles. The van der Waals surface area contributed by atoms with Crippen LogP contribution in [0.1, 0.15) is 16.1 Å². The van der Waals surface area contributed by atoms with Crippen molar-refractivity contribution in [2.75, 3.05) is 10.6 Å². The van der Waals surface area contributed by atoms with Crippen LogP contribution in [0.2, 0.25) is 5.02 Å². The minimum Gasteiger partial charge on any atom is -0.365 e. The molecule has 0 radical (unpaired) electrons. The summed E-state index contributed by atoms with van der Waals surface area (Å²) >= 11 is 5.84. The molecule has 5 nitrogen and oxygen atoms in total. The number of hydrogen-bond acceptors (Lipinski definition) is 4. The fourth-order valence-electron chi connectivity index (χ4n) is 2.08. The van der Waals surface area contributed by atoms with E-state index in [-0.39, 0.29) is 11.4 Å². The van der Waals surface area contributed by atoms with Crippen molar-refractivity contribution in [1.82, 2.24) is 9.97 Å². The second-order valence-corrected chi connectivity index (χ2v) is 5.64. The Morgan fingerprint density at radius 3 is 2.48 bits per heavy atom. The summed E-state index contributed by atoms with van der Waals surface area (Å²) in [5.41, 5.74) is 1.23. The minimum absolute atomic E-state index is 0.0965. The molecule has 7 heteroatoms. The van der Waals surface area contributed by atoms with E-state index in [0.717, 1.165) is 5.56 Å². The molecule has 1 amide bonds. The Balaban J connectivity index is 1.60. The van der Waals surface area contributed by atoms with Crippen LogP contribution in [0, 0.1) is 5.82 Å². The monoisotopic (exact) mass is 356 g/mol. The van der Waals surface area contributed by atoms with Crippen molar-refractivity contribution in [1.29, 1.82) is 0 Å². The minimum atomic E-state index is -0.526. The Hall–Kier alpha value is -2.99. The number of anilines is 2. The quantitative estimate of drug-likeness (QED) is 0.721. The summed E-state index contributed by atoms with van der Waals surface area (Å²) in [6.45, 7) is 0.548. The lowest BCUT2D eigenvalue weighted by atomic mass is 10.2. The molecule has 0 unspecified atom stereocenters. The average Bonchev–Trinajstić information content (AvgIpc) is 2.63. The number of aromatic nitrogens is 2. The predicted octanol–water partition coefficient (Wildman–Crippen LogP) is 4.13. The van der Waals surface area contributed by atoms with Crippen molar-refractivity contribution in [2.24, 2.45) is 0 Å². The maximum Gasteiger partial charge on any atom is 0.275 e. The number of rotatable bonds is 5. The second kappa shape index (κ2) is 7.72. The number of carbonyl (C=O) groups excluding carboxylic acids is 1. The van der Waals surface area contributed by atoms with Gasteiger partial charge in [-0.25, -0.2) is 14.4 Å². The fraction of sp³-hybridized carbons (Fsp3) is 0.0556. The van der Waals surface area contributed by atoms with Gasteiger partial charge in [-0.15, -0.1) is 0 Å². The van der Waals surface area contributed by atoms with E-state index in [9.17, 15) is 9.18 Å². The number of benzene rings is 2. The van der Waals surface area contributed by atoms with E-state index >= 15 is 0 Å². The first-order chi connectivity index (χ1) is 12.1. The molecule has 2 N–H and O–H groups in total. The second-order valence-electron chi connectivity index (χ2n) is 5.20. The van der Waals surface area contributed by atoms with Gasteiger partial charge in [0.1, 0.15) is 17.3 Å². The molecule has 0 atom stereocenters. The van der Waals surface area contributed by atoms with E-state index in [2.05, 4.69) is 20.6 Å². The zero-order valence-electron chi connectivity index (χ0n) is 13.0. The summed E-state index contributed by atoms with van der Waals surface area (Å²) in [6, 6.07) is 13.3. The number of para-hydroxylation sites is 1. The van der Waals surface area contributed by atoms with Gasteiger partial charge in [-0.3, -0.25) is 4.79 Å². The lowest BCUT2D eigenvalue weighted by molar-refractivity contribution is 0.102. The molecular formula is C18H14ClFN4O. The molecule has 1 aromatic heterocycles. The first-order valence-corrected chi connectivity index (χ1v) is 7.86. The molecule has 0 bridgehead atoms. The van der Waals surface area contributed by atoms with Gasteiger partial charge in [0, 0.05) is 11.6 Å². The topological polar surface area (TPSA) is 66.9 Å². The van der Waals surface area contributed by atoms with Crippen LogP contribution in [0.3, 0.4) is 0 Å². The molecule has 0 aliphatic heterocycles. The van der Waals surface area contributed by atoms with Gasteiger partial charge in [0.2, 0.25) is 0 Å². The zero-order valence-corrected chi connectivity index (χ0v) is 13.8. The number of carbonyl (C=O) groups is 1. The van der Waals surface area contributed by atoms with Crippen LogP contribution in [-0.2, 0) is 6.54 Å². The highest BCUT2D eigenvalue weighted by molar-refractivity contribution is 6.30. The summed E-state index contributed by atoms with van der Waals surface area (Å²) < 4.78 is 13.5. The van der Waals surface area contributed by atoms with Gasteiger partial charge in [-0.05, 0) is 29.8 Å². The summed E-state index contributed by atoms with van der Waals surface area (Å²) in [6.07, 6.45) is 2.78. The SMILES string of the molecule is O=C(Nc1ccccc1F)c1cnc(NCc2ccc(Cl)cc2)cn1. The number of nitrogens with zero attached hydrogens (tertiary/aromatic N) is 2. The molecule has 0 saturated heterocycles. The first kappa shape index (κ1) is 16.9. The first-order valence-electron chi connectivity index (χ1n) is 7.48. The molecule has 0 fully saturated rings. The van der Waals surface area contributed by atoms with Gasteiger partial charge in [0.05, 0.1) is 18.1 Å². The molecule has 0 aliphatic carbocycles. The smallest absolute Gasteiger partial charge is 0.275 e. The summed E-state index contributed by atoms with van der Waals surface area (Å²) in [5, 5.41) is 6.23. The van der Waals surface area contributed by atoms with Crippen LogP contribution in [0.15, 0.2) is 60.9 Å². The van der Waals surface area contributed by atoms with E-state index in [1.165, 1.54) is 24.5 Å². The maximum absolute atomic E-state index is 13.5. The molecule has 0 aliphatic rings. The Kier molecular flexibility index (Phi) is 5.20. The third kappa shape index (κ3) is 4.51. The van der Waals surface area contributed by atoms with Gasteiger partial charge in [0.15, 0.2) is 0 Å². The number of amides is 1. The van der Waals surface area contributed by atoms with Gasteiger partial charge in [-0.1, -0.05) is 35.9 Å². The maximum atomic E-state index is 13.5.